The number of fused-ring (bicyclic) bond motifs is 1. The lowest BCUT2D eigenvalue weighted by Crippen LogP contribution is -2.69. The van der Waals surface area contributed by atoms with Crippen molar-refractivity contribution in [3.8, 4) is 5.75 Å². The van der Waals surface area contributed by atoms with Crippen molar-refractivity contribution in [2.45, 2.75) is 64.1 Å². The Morgan fingerprint density at radius 3 is 2.59 bits per heavy atom. The number of hydrogen-bond donors (Lipinski definition) is 2. The molecule has 9 nitrogen and oxygen atoms in total. The van der Waals surface area contributed by atoms with Crippen LogP contribution in [0.2, 0.25) is 0 Å². The molecule has 0 saturated carbocycles. The van der Waals surface area contributed by atoms with E-state index >= 15 is 0 Å². The summed E-state index contributed by atoms with van der Waals surface area (Å²) in [7, 11) is 0. The van der Waals surface area contributed by atoms with E-state index in [1.54, 1.807) is 26.0 Å². The first kappa shape index (κ1) is 21.5. The number of amides is 1. The van der Waals surface area contributed by atoms with Crippen LogP contribution in [0.3, 0.4) is 0 Å². The van der Waals surface area contributed by atoms with Gasteiger partial charge in [0.25, 0.3) is 0 Å². The van der Waals surface area contributed by atoms with Crippen LogP contribution >= 0.6 is 0 Å². The topological polar surface area (TPSA) is 113 Å². The lowest BCUT2D eigenvalue weighted by Gasteiger charge is -2.50. The number of nitrogens with one attached hydrogen (secondary N) is 1. The number of hydrogen-bond acceptors (Lipinski definition) is 7. The van der Waals surface area contributed by atoms with Crippen molar-refractivity contribution in [3.05, 3.63) is 29.8 Å². The zero-order valence-electron chi connectivity index (χ0n) is 16.9. The van der Waals surface area contributed by atoms with Crippen LogP contribution in [-0.2, 0) is 28.5 Å². The summed E-state index contributed by atoms with van der Waals surface area (Å²) in [5.74, 6) is -1.81. The molecule has 2 heterocycles. The Morgan fingerprint density at radius 2 is 1.97 bits per heavy atom. The molecule has 0 bridgehead atoms. The van der Waals surface area contributed by atoms with Gasteiger partial charge in [-0.15, -0.1) is 0 Å². The van der Waals surface area contributed by atoms with Gasteiger partial charge in [0.05, 0.1) is 6.61 Å². The van der Waals surface area contributed by atoms with Crippen molar-refractivity contribution in [2.24, 2.45) is 0 Å². The van der Waals surface area contributed by atoms with E-state index in [-0.39, 0.29) is 12.5 Å². The molecule has 2 N–H and O–H groups in total. The van der Waals surface area contributed by atoms with Crippen LogP contribution in [0, 0.1) is 6.92 Å². The Hall–Kier alpha value is -2.20. The minimum atomic E-state index is -1.13. The van der Waals surface area contributed by atoms with Crippen molar-refractivity contribution >= 4 is 11.9 Å². The third-order valence-electron chi connectivity index (χ3n) is 4.70. The van der Waals surface area contributed by atoms with Crippen LogP contribution in [0.1, 0.15) is 26.3 Å². The average molecular weight is 409 g/mol. The highest BCUT2D eigenvalue weighted by molar-refractivity contribution is 5.73. The van der Waals surface area contributed by atoms with Crippen molar-refractivity contribution in [3.63, 3.8) is 0 Å². The molecule has 0 aromatic heterocycles. The number of carbonyl (C=O) groups is 2. The molecule has 9 heteroatoms. The van der Waals surface area contributed by atoms with Gasteiger partial charge in [-0.1, -0.05) is 17.7 Å². The summed E-state index contributed by atoms with van der Waals surface area (Å²) in [5, 5.41) is 11.9. The van der Waals surface area contributed by atoms with Crippen molar-refractivity contribution in [2.75, 3.05) is 13.2 Å². The van der Waals surface area contributed by atoms with Gasteiger partial charge in [0, 0.05) is 6.92 Å². The smallest absolute Gasteiger partial charge is 0.329 e. The zero-order valence-corrected chi connectivity index (χ0v) is 16.9. The van der Waals surface area contributed by atoms with Gasteiger partial charge in [0.15, 0.2) is 5.79 Å². The summed E-state index contributed by atoms with van der Waals surface area (Å²) >= 11 is 0. The first-order chi connectivity index (χ1) is 13.6. The number of carboxylic acids is 1. The molecule has 5 atom stereocenters. The predicted molar refractivity (Wildman–Crippen MR) is 100 cm³/mol. The number of carboxylic acid groups (broad SMARTS) is 1. The van der Waals surface area contributed by atoms with Gasteiger partial charge in [-0.3, -0.25) is 4.79 Å². The molecule has 0 radical (unpaired) electrons. The summed E-state index contributed by atoms with van der Waals surface area (Å²) in [5.41, 5.74) is 1.07. The second-order valence-electron chi connectivity index (χ2n) is 7.66. The van der Waals surface area contributed by atoms with Gasteiger partial charge < -0.3 is 34.1 Å². The Labute approximate surface area is 169 Å². The molecule has 2 aliphatic rings. The van der Waals surface area contributed by atoms with Gasteiger partial charge >= 0.3 is 5.97 Å². The van der Waals surface area contributed by atoms with Gasteiger partial charge in [-0.05, 0) is 32.9 Å². The lowest BCUT2D eigenvalue weighted by molar-refractivity contribution is -0.364. The molecule has 5 unspecified atom stereocenters. The number of rotatable bonds is 6. The van der Waals surface area contributed by atoms with E-state index in [0.29, 0.717) is 5.75 Å². The van der Waals surface area contributed by atoms with Crippen LogP contribution < -0.4 is 10.1 Å². The minimum Gasteiger partial charge on any atom is -0.480 e. The maximum atomic E-state index is 11.9. The number of benzene rings is 1. The molecule has 1 amide bonds. The Balaban J connectivity index is 1.89. The van der Waals surface area contributed by atoms with E-state index in [1.807, 2.05) is 19.1 Å². The van der Waals surface area contributed by atoms with E-state index < -0.39 is 49.0 Å². The minimum absolute atomic E-state index is 0.213. The lowest BCUT2D eigenvalue weighted by atomic mass is 9.95. The first-order valence-electron chi connectivity index (χ1n) is 9.46. The molecule has 2 saturated heterocycles. The Morgan fingerprint density at radius 1 is 1.28 bits per heavy atom. The fourth-order valence-electron chi connectivity index (χ4n) is 3.43. The van der Waals surface area contributed by atoms with Crippen molar-refractivity contribution in [1.82, 2.24) is 5.32 Å². The van der Waals surface area contributed by atoms with Crippen LogP contribution in [-0.4, -0.2) is 66.6 Å². The second-order valence-corrected chi connectivity index (χ2v) is 7.66. The van der Waals surface area contributed by atoms with Crippen molar-refractivity contribution < 1.29 is 38.4 Å². The molecule has 2 aliphatic heterocycles. The average Bonchev–Trinajstić information content (AvgIpc) is 2.62. The van der Waals surface area contributed by atoms with Crippen LogP contribution in [0.15, 0.2) is 24.3 Å². The quantitative estimate of drug-likeness (QED) is 0.721. The van der Waals surface area contributed by atoms with Gasteiger partial charge in [0.2, 0.25) is 12.2 Å². The fraction of sp³-hybridized carbons (Fsp3) is 0.600. The standard InChI is InChI=1S/C20H27NO8/c1-11-5-7-13(8-6-11)27-19-16(21-12(2)22)18(25-10-15(23)24)17-14(28-19)9-26-20(3,4)29-17/h5-8,14,16-19H,9-10H2,1-4H3,(H,21,22)(H,23,24). The van der Waals surface area contributed by atoms with E-state index in [4.69, 9.17) is 28.8 Å². The third-order valence-corrected chi connectivity index (χ3v) is 4.70. The molecule has 3 rings (SSSR count). The number of aryl methyl sites for hydroxylation is 1. The largest absolute Gasteiger partial charge is 0.480 e. The number of ether oxygens (including phenoxy) is 5. The summed E-state index contributed by atoms with van der Waals surface area (Å²) in [6.45, 7) is 6.48. The van der Waals surface area contributed by atoms with Crippen molar-refractivity contribution in [1.29, 1.82) is 0 Å². The molecule has 1 aromatic carbocycles. The maximum absolute atomic E-state index is 11.9. The van der Waals surface area contributed by atoms with Crippen LogP contribution in [0.4, 0.5) is 0 Å². The van der Waals surface area contributed by atoms with E-state index in [2.05, 4.69) is 5.32 Å². The molecule has 29 heavy (non-hydrogen) atoms. The van der Waals surface area contributed by atoms with E-state index in [0.717, 1.165) is 5.56 Å². The van der Waals surface area contributed by atoms with Gasteiger partial charge in [0.1, 0.15) is 36.7 Å². The number of aliphatic carboxylic acids is 1. The zero-order chi connectivity index (χ0) is 21.2. The van der Waals surface area contributed by atoms with E-state index in [1.165, 1.54) is 6.92 Å². The molecule has 0 aliphatic carbocycles. The van der Waals surface area contributed by atoms with Crippen LogP contribution in [0.5, 0.6) is 5.75 Å². The molecule has 160 valence electrons. The SMILES string of the molecule is CC(=O)NC1C(Oc2ccc(C)cc2)OC2COC(C)(C)OC2C1OCC(=O)O. The highest BCUT2D eigenvalue weighted by Crippen LogP contribution is 2.34. The highest BCUT2D eigenvalue weighted by Gasteiger charge is 2.53. The third kappa shape index (κ3) is 5.45. The van der Waals surface area contributed by atoms with E-state index in [9.17, 15) is 9.59 Å². The number of carbonyl (C=O) groups excluding carboxylic acids is 1. The molecular weight excluding hydrogens is 382 g/mol. The molecule has 0 spiro atoms. The molecule has 2 fully saturated rings. The molecular formula is C20H27NO8. The first-order valence-corrected chi connectivity index (χ1v) is 9.46. The summed E-state index contributed by atoms with van der Waals surface area (Å²) in [4.78, 5) is 23.0. The monoisotopic (exact) mass is 409 g/mol. The maximum Gasteiger partial charge on any atom is 0.329 e. The second kappa shape index (κ2) is 8.66. The van der Waals surface area contributed by atoms with Gasteiger partial charge in [-0.2, -0.15) is 0 Å². The van der Waals surface area contributed by atoms with Gasteiger partial charge in [-0.25, -0.2) is 4.79 Å². The van der Waals surface area contributed by atoms with Crippen LogP contribution in [0.25, 0.3) is 0 Å². The molecule has 1 aromatic rings. The highest BCUT2D eigenvalue weighted by atomic mass is 16.8. The summed E-state index contributed by atoms with van der Waals surface area (Å²) in [6.07, 6.45) is -2.93. The summed E-state index contributed by atoms with van der Waals surface area (Å²) in [6, 6.07) is 6.58. The Bertz CT molecular complexity index is 735. The Kier molecular flexibility index (Phi) is 6.42. The predicted octanol–water partition coefficient (Wildman–Crippen LogP) is 1.22. The summed E-state index contributed by atoms with van der Waals surface area (Å²) < 4.78 is 29.3. The fourth-order valence-corrected chi connectivity index (χ4v) is 3.43. The normalized spacial score (nSPS) is 30.8.